The van der Waals surface area contributed by atoms with Gasteiger partial charge in [-0.3, -0.25) is 14.5 Å². The summed E-state index contributed by atoms with van der Waals surface area (Å²) in [6.45, 7) is 2.70. The Kier molecular flexibility index (Phi) is 5.31. The van der Waals surface area contributed by atoms with Gasteiger partial charge in [-0.25, -0.2) is 0 Å². The Morgan fingerprint density at radius 1 is 1.40 bits per heavy atom. The maximum Gasteiger partial charge on any atom is 0.238 e. The lowest BCUT2D eigenvalue weighted by molar-refractivity contribution is -0.125. The maximum absolute atomic E-state index is 12.1. The fourth-order valence-corrected chi connectivity index (χ4v) is 2.99. The zero-order chi connectivity index (χ0) is 14.5. The van der Waals surface area contributed by atoms with Crippen LogP contribution in [0, 0.1) is 0 Å². The summed E-state index contributed by atoms with van der Waals surface area (Å²) in [4.78, 5) is 25.7. The molecule has 1 unspecified atom stereocenters. The quantitative estimate of drug-likeness (QED) is 0.918. The predicted octanol–water partition coefficient (Wildman–Crippen LogP) is 2.83. The van der Waals surface area contributed by atoms with Gasteiger partial charge in [0, 0.05) is 10.2 Å². The molecule has 5 heteroatoms. The van der Waals surface area contributed by atoms with Crippen LogP contribution < -0.4 is 5.32 Å². The molecule has 1 fully saturated rings. The number of nitrogens with zero attached hydrogens (tertiary/aromatic N) is 1. The van der Waals surface area contributed by atoms with Crippen molar-refractivity contribution < 1.29 is 9.59 Å². The summed E-state index contributed by atoms with van der Waals surface area (Å²) in [5.41, 5.74) is 0.765. The molecular formula is C15H19BrN2O2. The number of rotatable bonds is 4. The molecule has 1 aliphatic heterocycles. The second-order valence-corrected chi connectivity index (χ2v) is 6.07. The van der Waals surface area contributed by atoms with Crippen LogP contribution in [-0.2, 0) is 9.59 Å². The van der Waals surface area contributed by atoms with Crippen molar-refractivity contribution in [3.63, 3.8) is 0 Å². The van der Waals surface area contributed by atoms with E-state index < -0.39 is 0 Å². The van der Waals surface area contributed by atoms with E-state index >= 15 is 0 Å². The van der Waals surface area contributed by atoms with Crippen molar-refractivity contribution in [3.05, 3.63) is 28.7 Å². The molecule has 0 saturated carbocycles. The van der Waals surface area contributed by atoms with Gasteiger partial charge >= 0.3 is 0 Å². The zero-order valence-corrected chi connectivity index (χ0v) is 13.1. The second-order valence-electron chi connectivity index (χ2n) is 5.15. The summed E-state index contributed by atoms with van der Waals surface area (Å²) in [6.07, 6.45) is 2.97. The van der Waals surface area contributed by atoms with Crippen molar-refractivity contribution >= 4 is 33.3 Å². The van der Waals surface area contributed by atoms with Crippen LogP contribution >= 0.6 is 15.9 Å². The molecule has 0 aromatic heterocycles. The molecule has 0 spiro atoms. The second kappa shape index (κ2) is 6.99. The number of hydrogen-bond donors (Lipinski definition) is 1. The van der Waals surface area contributed by atoms with Crippen molar-refractivity contribution in [2.75, 3.05) is 18.4 Å². The van der Waals surface area contributed by atoms with Crippen molar-refractivity contribution in [1.82, 2.24) is 4.90 Å². The van der Waals surface area contributed by atoms with Gasteiger partial charge in [-0.15, -0.1) is 0 Å². The number of Topliss-reactive ketones (excluding diaryl/α,β-unsaturated/α-hetero) is 1. The van der Waals surface area contributed by atoms with Gasteiger partial charge in [0.05, 0.1) is 12.6 Å². The zero-order valence-electron chi connectivity index (χ0n) is 11.6. The topological polar surface area (TPSA) is 49.4 Å². The number of nitrogens with one attached hydrogen (secondary N) is 1. The van der Waals surface area contributed by atoms with E-state index in [2.05, 4.69) is 21.2 Å². The van der Waals surface area contributed by atoms with Crippen molar-refractivity contribution in [3.8, 4) is 0 Å². The maximum atomic E-state index is 12.1. The third kappa shape index (κ3) is 4.15. The van der Waals surface area contributed by atoms with Crippen molar-refractivity contribution in [2.24, 2.45) is 0 Å². The molecule has 1 heterocycles. The number of carbonyl (C=O) groups excluding carboxylic acids is 2. The molecule has 1 aliphatic rings. The van der Waals surface area contributed by atoms with Crippen molar-refractivity contribution in [1.29, 1.82) is 0 Å². The highest BCUT2D eigenvalue weighted by Crippen LogP contribution is 2.18. The third-order valence-corrected chi connectivity index (χ3v) is 4.03. The summed E-state index contributed by atoms with van der Waals surface area (Å²) in [7, 11) is 0. The number of halogens is 1. The Labute approximate surface area is 127 Å². The SMILES string of the molecule is CC(=O)C1CCCCN1CC(=O)Nc1cccc(Br)c1. The molecule has 20 heavy (non-hydrogen) atoms. The Balaban J connectivity index is 1.94. The molecule has 0 aliphatic carbocycles. The minimum Gasteiger partial charge on any atom is -0.325 e. The number of hydrogen-bond acceptors (Lipinski definition) is 3. The van der Waals surface area contributed by atoms with Gasteiger partial charge in [0.1, 0.15) is 5.78 Å². The van der Waals surface area contributed by atoms with E-state index in [1.54, 1.807) is 6.92 Å². The Morgan fingerprint density at radius 2 is 2.20 bits per heavy atom. The number of likely N-dealkylation sites (tertiary alicyclic amines) is 1. The average Bonchev–Trinajstić information content (AvgIpc) is 2.38. The molecule has 1 aromatic carbocycles. The first-order valence-corrected chi connectivity index (χ1v) is 7.65. The van der Waals surface area contributed by atoms with Crippen molar-refractivity contribution in [2.45, 2.75) is 32.2 Å². The highest BCUT2D eigenvalue weighted by molar-refractivity contribution is 9.10. The van der Waals surface area contributed by atoms with Crippen LogP contribution in [0.3, 0.4) is 0 Å². The standard InChI is InChI=1S/C15H19BrN2O2/c1-11(19)14-7-2-3-8-18(14)10-15(20)17-13-6-4-5-12(16)9-13/h4-6,9,14H,2-3,7-8,10H2,1H3,(H,17,20). The molecule has 108 valence electrons. The molecule has 1 aromatic rings. The highest BCUT2D eigenvalue weighted by atomic mass is 79.9. The van der Waals surface area contributed by atoms with Gasteiger partial charge in [-0.2, -0.15) is 0 Å². The summed E-state index contributed by atoms with van der Waals surface area (Å²) >= 11 is 3.37. The van der Waals surface area contributed by atoms with Crippen LogP contribution in [-0.4, -0.2) is 35.7 Å². The third-order valence-electron chi connectivity index (χ3n) is 3.54. The van der Waals surface area contributed by atoms with E-state index in [4.69, 9.17) is 0 Å². The lowest BCUT2D eigenvalue weighted by Gasteiger charge is -2.33. The number of amides is 1. The van der Waals surface area contributed by atoms with E-state index in [1.807, 2.05) is 29.2 Å². The summed E-state index contributed by atoms with van der Waals surface area (Å²) in [6, 6.07) is 7.39. The summed E-state index contributed by atoms with van der Waals surface area (Å²) < 4.78 is 0.926. The van der Waals surface area contributed by atoms with Gasteiger partial charge in [-0.05, 0) is 44.5 Å². The molecule has 1 amide bonds. The van der Waals surface area contributed by atoms with Gasteiger partial charge in [0.25, 0.3) is 0 Å². The predicted molar refractivity (Wildman–Crippen MR) is 82.7 cm³/mol. The molecule has 2 rings (SSSR count). The molecule has 1 saturated heterocycles. The number of anilines is 1. The Morgan fingerprint density at radius 3 is 2.90 bits per heavy atom. The van der Waals surface area contributed by atoms with E-state index in [-0.39, 0.29) is 24.3 Å². The summed E-state index contributed by atoms with van der Waals surface area (Å²) in [5.74, 6) is 0.0798. The first-order chi connectivity index (χ1) is 9.56. The lowest BCUT2D eigenvalue weighted by Crippen LogP contribution is -2.47. The minimum atomic E-state index is -0.1000. The van der Waals surface area contributed by atoms with Crippen LogP contribution in [0.25, 0.3) is 0 Å². The average molecular weight is 339 g/mol. The lowest BCUT2D eigenvalue weighted by atomic mass is 9.99. The van der Waals surface area contributed by atoms with Gasteiger partial charge < -0.3 is 5.32 Å². The van der Waals surface area contributed by atoms with Gasteiger partial charge in [-0.1, -0.05) is 28.4 Å². The summed E-state index contributed by atoms with van der Waals surface area (Å²) in [5, 5.41) is 2.87. The number of benzene rings is 1. The van der Waals surface area contributed by atoms with E-state index in [0.717, 1.165) is 36.0 Å². The van der Waals surface area contributed by atoms with Crippen LogP contribution in [0.1, 0.15) is 26.2 Å². The first-order valence-electron chi connectivity index (χ1n) is 6.86. The van der Waals surface area contributed by atoms with Gasteiger partial charge in [0.15, 0.2) is 0 Å². The Bertz CT molecular complexity index is 504. The Hall–Kier alpha value is -1.20. The fraction of sp³-hybridized carbons (Fsp3) is 0.467. The molecule has 4 nitrogen and oxygen atoms in total. The smallest absolute Gasteiger partial charge is 0.238 e. The molecular weight excluding hydrogens is 320 g/mol. The number of carbonyl (C=O) groups is 2. The molecule has 1 N–H and O–H groups in total. The van der Waals surface area contributed by atoms with Crippen LogP contribution in [0.4, 0.5) is 5.69 Å². The van der Waals surface area contributed by atoms with Crippen LogP contribution in [0.2, 0.25) is 0 Å². The van der Waals surface area contributed by atoms with Gasteiger partial charge in [0.2, 0.25) is 5.91 Å². The fourth-order valence-electron chi connectivity index (χ4n) is 2.59. The van der Waals surface area contributed by atoms with E-state index in [9.17, 15) is 9.59 Å². The number of ketones is 1. The number of piperidine rings is 1. The van der Waals surface area contributed by atoms with E-state index in [1.165, 1.54) is 0 Å². The molecule has 0 radical (unpaired) electrons. The minimum absolute atomic E-state index is 0.0729. The highest BCUT2D eigenvalue weighted by Gasteiger charge is 2.27. The van der Waals surface area contributed by atoms with E-state index in [0.29, 0.717) is 0 Å². The first kappa shape index (κ1) is 15.2. The van der Waals surface area contributed by atoms with Crippen LogP contribution in [0.15, 0.2) is 28.7 Å². The normalized spacial score (nSPS) is 19.6. The largest absolute Gasteiger partial charge is 0.325 e. The van der Waals surface area contributed by atoms with Crippen LogP contribution in [0.5, 0.6) is 0 Å². The molecule has 1 atom stereocenters. The monoisotopic (exact) mass is 338 g/mol. The molecule has 0 bridgehead atoms.